The minimum atomic E-state index is 0.00477. The van der Waals surface area contributed by atoms with E-state index < -0.39 is 0 Å². The molecule has 2 unspecified atom stereocenters. The third-order valence-electron chi connectivity index (χ3n) is 2.27. The Balaban J connectivity index is 2.54. The number of ether oxygens (including phenoxy) is 2. The van der Waals surface area contributed by atoms with Gasteiger partial charge < -0.3 is 15.2 Å². The Morgan fingerprint density at radius 2 is 2.27 bits per heavy atom. The van der Waals surface area contributed by atoms with Crippen LogP contribution in [0.1, 0.15) is 24.3 Å². The van der Waals surface area contributed by atoms with Crippen molar-refractivity contribution in [2.24, 2.45) is 5.73 Å². The lowest BCUT2D eigenvalue weighted by Crippen LogP contribution is -2.29. The molecule has 0 aliphatic carbocycles. The van der Waals surface area contributed by atoms with Crippen LogP contribution >= 0.6 is 11.3 Å². The van der Waals surface area contributed by atoms with Crippen LogP contribution in [0.5, 0.6) is 0 Å². The molecule has 0 fully saturated rings. The van der Waals surface area contributed by atoms with Crippen LogP contribution in [0.3, 0.4) is 0 Å². The second-order valence-electron chi connectivity index (χ2n) is 3.37. The molecule has 1 aromatic rings. The van der Waals surface area contributed by atoms with Gasteiger partial charge in [-0.15, -0.1) is 11.3 Å². The minimum absolute atomic E-state index is 0.00477. The summed E-state index contributed by atoms with van der Waals surface area (Å²) in [4.78, 5) is 1.19. The number of hydrogen-bond acceptors (Lipinski definition) is 4. The molecule has 3 nitrogen and oxygen atoms in total. The fraction of sp³-hybridized carbons (Fsp3) is 0.636. The Bertz CT molecular complexity index is 251. The van der Waals surface area contributed by atoms with Crippen LogP contribution in [0.15, 0.2) is 17.5 Å². The standard InChI is InChI=1S/C11H19NO2S/c1-3-9(12)11(14-7-6-13-2)10-5-4-8-15-10/h4-5,8-9,11H,3,6-7,12H2,1-2H3. The molecule has 1 aromatic heterocycles. The van der Waals surface area contributed by atoms with Crippen LogP contribution in [0.4, 0.5) is 0 Å². The Morgan fingerprint density at radius 3 is 2.80 bits per heavy atom. The molecule has 86 valence electrons. The monoisotopic (exact) mass is 229 g/mol. The molecule has 15 heavy (non-hydrogen) atoms. The van der Waals surface area contributed by atoms with Crippen LogP contribution in [0, 0.1) is 0 Å². The van der Waals surface area contributed by atoms with Gasteiger partial charge in [0.05, 0.1) is 13.2 Å². The van der Waals surface area contributed by atoms with Crippen molar-refractivity contribution in [2.75, 3.05) is 20.3 Å². The number of rotatable bonds is 7. The topological polar surface area (TPSA) is 44.5 Å². The van der Waals surface area contributed by atoms with Crippen molar-refractivity contribution in [2.45, 2.75) is 25.5 Å². The van der Waals surface area contributed by atoms with Gasteiger partial charge >= 0.3 is 0 Å². The van der Waals surface area contributed by atoms with Gasteiger partial charge in [-0.25, -0.2) is 0 Å². The number of thiophene rings is 1. The Labute approximate surface area is 95.2 Å². The van der Waals surface area contributed by atoms with Crippen LogP contribution in [0.2, 0.25) is 0 Å². The molecule has 1 rings (SSSR count). The lowest BCUT2D eigenvalue weighted by Gasteiger charge is -2.22. The molecule has 0 aromatic carbocycles. The zero-order valence-corrected chi connectivity index (χ0v) is 10.1. The quantitative estimate of drug-likeness (QED) is 0.729. The van der Waals surface area contributed by atoms with Gasteiger partial charge in [0.1, 0.15) is 6.10 Å². The predicted molar refractivity (Wildman–Crippen MR) is 63.2 cm³/mol. The molecule has 0 saturated heterocycles. The van der Waals surface area contributed by atoms with Crippen LogP contribution in [0.25, 0.3) is 0 Å². The van der Waals surface area contributed by atoms with Gasteiger partial charge in [0.25, 0.3) is 0 Å². The van der Waals surface area contributed by atoms with Gasteiger partial charge in [0.15, 0.2) is 0 Å². The van der Waals surface area contributed by atoms with E-state index in [4.69, 9.17) is 15.2 Å². The van der Waals surface area contributed by atoms with E-state index in [2.05, 4.69) is 13.0 Å². The van der Waals surface area contributed by atoms with Crippen molar-refractivity contribution < 1.29 is 9.47 Å². The summed E-state index contributed by atoms with van der Waals surface area (Å²) in [5.41, 5.74) is 6.03. The van der Waals surface area contributed by atoms with Crippen molar-refractivity contribution in [1.82, 2.24) is 0 Å². The fourth-order valence-corrected chi connectivity index (χ4v) is 2.19. The highest BCUT2D eigenvalue weighted by molar-refractivity contribution is 7.10. The first kappa shape index (κ1) is 12.6. The molecule has 1 heterocycles. The summed E-state index contributed by atoms with van der Waals surface area (Å²) in [5.74, 6) is 0. The Morgan fingerprint density at radius 1 is 1.47 bits per heavy atom. The first-order valence-corrected chi connectivity index (χ1v) is 6.07. The highest BCUT2D eigenvalue weighted by Gasteiger charge is 2.19. The summed E-state index contributed by atoms with van der Waals surface area (Å²) in [6.45, 7) is 3.27. The maximum atomic E-state index is 6.03. The summed E-state index contributed by atoms with van der Waals surface area (Å²) >= 11 is 1.69. The van der Waals surface area contributed by atoms with E-state index in [1.165, 1.54) is 4.88 Å². The van der Waals surface area contributed by atoms with E-state index >= 15 is 0 Å². The van der Waals surface area contributed by atoms with E-state index in [-0.39, 0.29) is 12.1 Å². The SMILES string of the molecule is CCC(N)C(OCCOC)c1cccs1. The number of nitrogens with two attached hydrogens (primary N) is 1. The second kappa shape index (κ2) is 6.95. The smallest absolute Gasteiger partial charge is 0.107 e. The van der Waals surface area contributed by atoms with E-state index in [0.717, 1.165) is 6.42 Å². The first-order chi connectivity index (χ1) is 7.29. The van der Waals surface area contributed by atoms with Gasteiger partial charge in [-0.05, 0) is 17.9 Å². The van der Waals surface area contributed by atoms with Crippen molar-refractivity contribution >= 4 is 11.3 Å². The highest BCUT2D eigenvalue weighted by Crippen LogP contribution is 2.26. The van der Waals surface area contributed by atoms with Crippen molar-refractivity contribution in [3.8, 4) is 0 Å². The fourth-order valence-electron chi connectivity index (χ4n) is 1.34. The van der Waals surface area contributed by atoms with Gasteiger partial charge in [-0.2, -0.15) is 0 Å². The van der Waals surface area contributed by atoms with Gasteiger partial charge in [0, 0.05) is 18.0 Å². The lowest BCUT2D eigenvalue weighted by molar-refractivity contribution is 0.00454. The van der Waals surface area contributed by atoms with E-state index in [9.17, 15) is 0 Å². The molecular formula is C11H19NO2S. The summed E-state index contributed by atoms with van der Waals surface area (Å²) in [5, 5.41) is 2.05. The largest absolute Gasteiger partial charge is 0.382 e. The second-order valence-corrected chi connectivity index (χ2v) is 4.35. The van der Waals surface area contributed by atoms with Crippen molar-refractivity contribution in [1.29, 1.82) is 0 Å². The number of hydrogen-bond donors (Lipinski definition) is 1. The molecule has 0 spiro atoms. The third-order valence-corrected chi connectivity index (χ3v) is 3.20. The normalized spacial score (nSPS) is 15.1. The zero-order valence-electron chi connectivity index (χ0n) is 9.31. The van der Waals surface area contributed by atoms with Crippen molar-refractivity contribution in [3.63, 3.8) is 0 Å². The first-order valence-electron chi connectivity index (χ1n) is 5.19. The number of methoxy groups -OCH3 is 1. The molecule has 0 bridgehead atoms. The summed E-state index contributed by atoms with van der Waals surface area (Å²) < 4.78 is 10.7. The highest BCUT2D eigenvalue weighted by atomic mass is 32.1. The van der Waals surface area contributed by atoms with E-state index in [1.807, 2.05) is 11.4 Å². The van der Waals surface area contributed by atoms with Crippen LogP contribution in [-0.2, 0) is 9.47 Å². The molecule has 0 amide bonds. The van der Waals surface area contributed by atoms with Gasteiger partial charge in [0.2, 0.25) is 0 Å². The minimum Gasteiger partial charge on any atom is -0.382 e. The molecule has 0 aliphatic rings. The summed E-state index contributed by atoms with van der Waals surface area (Å²) in [7, 11) is 1.67. The van der Waals surface area contributed by atoms with Crippen LogP contribution < -0.4 is 5.73 Å². The Hall–Kier alpha value is -0.420. The van der Waals surface area contributed by atoms with Gasteiger partial charge in [-0.1, -0.05) is 13.0 Å². The maximum absolute atomic E-state index is 6.03. The van der Waals surface area contributed by atoms with E-state index in [1.54, 1.807) is 18.4 Å². The Kier molecular flexibility index (Phi) is 5.86. The molecule has 0 aliphatic heterocycles. The average molecular weight is 229 g/mol. The van der Waals surface area contributed by atoms with Crippen LogP contribution in [-0.4, -0.2) is 26.4 Å². The molecule has 0 saturated carbocycles. The predicted octanol–water partition coefficient (Wildman–Crippen LogP) is 2.19. The zero-order chi connectivity index (χ0) is 11.1. The van der Waals surface area contributed by atoms with E-state index in [0.29, 0.717) is 13.2 Å². The summed E-state index contributed by atoms with van der Waals surface area (Å²) in [6.07, 6.45) is 0.917. The van der Waals surface area contributed by atoms with Crippen molar-refractivity contribution in [3.05, 3.63) is 22.4 Å². The molecular weight excluding hydrogens is 210 g/mol. The average Bonchev–Trinajstić information content (AvgIpc) is 2.77. The maximum Gasteiger partial charge on any atom is 0.107 e. The molecule has 0 radical (unpaired) electrons. The summed E-state index contributed by atoms with van der Waals surface area (Å²) in [6, 6.07) is 4.15. The van der Waals surface area contributed by atoms with Gasteiger partial charge in [-0.3, -0.25) is 0 Å². The lowest BCUT2D eigenvalue weighted by atomic mass is 10.1. The third kappa shape index (κ3) is 3.91. The molecule has 4 heteroatoms. The molecule has 2 atom stereocenters. The molecule has 2 N–H and O–H groups in total.